The summed E-state index contributed by atoms with van der Waals surface area (Å²) in [6.45, 7) is 0.573. The van der Waals surface area contributed by atoms with Crippen molar-refractivity contribution in [2.24, 2.45) is 11.6 Å². The van der Waals surface area contributed by atoms with Crippen molar-refractivity contribution in [3.05, 3.63) is 66.0 Å². The predicted octanol–water partition coefficient (Wildman–Crippen LogP) is 1.30. The Labute approximate surface area is 112 Å². The van der Waals surface area contributed by atoms with Gasteiger partial charge in [0.1, 0.15) is 5.82 Å². The molecule has 0 bridgehead atoms. The van der Waals surface area contributed by atoms with E-state index in [1.54, 1.807) is 24.4 Å². The third kappa shape index (κ3) is 3.72. The molecule has 0 spiro atoms. The Morgan fingerprint density at radius 3 is 2.53 bits per heavy atom. The number of hydrogen-bond donors (Lipinski definition) is 3. The highest BCUT2D eigenvalue weighted by molar-refractivity contribution is 5.60. The van der Waals surface area contributed by atoms with Crippen LogP contribution in [0.4, 0.5) is 5.82 Å². The Morgan fingerprint density at radius 2 is 1.84 bits per heavy atom. The van der Waals surface area contributed by atoms with E-state index < -0.39 is 0 Å². The molecule has 0 aliphatic carbocycles. The van der Waals surface area contributed by atoms with Crippen LogP contribution in [0, 0.1) is 0 Å². The lowest BCUT2D eigenvalue weighted by Gasteiger charge is -2.15. The molecule has 0 aliphatic heterocycles. The molecule has 2 aromatic rings. The van der Waals surface area contributed by atoms with Crippen molar-refractivity contribution < 1.29 is 0 Å². The third-order valence-electron chi connectivity index (χ3n) is 2.58. The Hall–Kier alpha value is -2.53. The van der Waals surface area contributed by atoms with Crippen LogP contribution in [0.15, 0.2) is 54.7 Å². The highest BCUT2D eigenvalue weighted by Crippen LogP contribution is 2.09. The van der Waals surface area contributed by atoms with Crippen LogP contribution in [0.2, 0.25) is 0 Å². The van der Waals surface area contributed by atoms with Gasteiger partial charge in [-0.15, -0.1) is 0 Å². The molecule has 0 aliphatic rings. The molecule has 0 radical (unpaired) electrons. The minimum Gasteiger partial charge on any atom is -0.396 e. The van der Waals surface area contributed by atoms with Crippen LogP contribution in [-0.2, 0) is 6.54 Å². The first-order chi connectivity index (χ1) is 9.15. The minimum atomic E-state index is 0.431. The van der Waals surface area contributed by atoms with Gasteiger partial charge in [-0.25, -0.2) is 10.8 Å². The fraction of sp³-hybridized carbons (Fsp3) is 0.0714. The first-order valence-electron chi connectivity index (χ1n) is 5.90. The maximum atomic E-state index is 5.94. The standard InChI is InChI=1S/C14H17N5/c15-12(13-7-4-8-14(16)18-13)10-19(17)9-11-5-2-1-3-6-11/h1-8,10H,9,15,17H2,(H2,16,18)/b12-10-. The average molecular weight is 255 g/mol. The second-order valence-electron chi connectivity index (χ2n) is 4.19. The summed E-state index contributed by atoms with van der Waals surface area (Å²) in [6.07, 6.45) is 1.65. The number of aromatic nitrogens is 1. The highest BCUT2D eigenvalue weighted by Gasteiger charge is 2.02. The van der Waals surface area contributed by atoms with E-state index in [1.807, 2.05) is 30.3 Å². The summed E-state index contributed by atoms with van der Waals surface area (Å²) in [5, 5.41) is 1.52. The van der Waals surface area contributed by atoms with Gasteiger partial charge in [0.2, 0.25) is 0 Å². The maximum Gasteiger partial charge on any atom is 0.124 e. The van der Waals surface area contributed by atoms with Crippen molar-refractivity contribution in [1.29, 1.82) is 0 Å². The van der Waals surface area contributed by atoms with Gasteiger partial charge >= 0.3 is 0 Å². The summed E-state index contributed by atoms with van der Waals surface area (Å²) >= 11 is 0. The minimum absolute atomic E-state index is 0.431. The SMILES string of the molecule is N/C(=C\N(N)Cc1ccccc1)c1cccc(N)n1. The van der Waals surface area contributed by atoms with E-state index in [0.717, 1.165) is 5.56 Å². The van der Waals surface area contributed by atoms with Crippen molar-refractivity contribution in [2.45, 2.75) is 6.54 Å². The van der Waals surface area contributed by atoms with Gasteiger partial charge in [0.05, 0.1) is 17.9 Å². The quantitative estimate of drug-likeness (QED) is 0.565. The largest absolute Gasteiger partial charge is 0.396 e. The second kappa shape index (κ2) is 5.88. The van der Waals surface area contributed by atoms with Crippen molar-refractivity contribution in [3.8, 4) is 0 Å². The molecule has 98 valence electrons. The molecule has 1 aromatic carbocycles. The molecule has 2 rings (SSSR count). The summed E-state index contributed by atoms with van der Waals surface area (Å²) < 4.78 is 0. The van der Waals surface area contributed by atoms with E-state index in [0.29, 0.717) is 23.8 Å². The van der Waals surface area contributed by atoms with Crippen molar-refractivity contribution in [3.63, 3.8) is 0 Å². The molecule has 0 saturated carbocycles. The molecule has 0 atom stereocenters. The van der Waals surface area contributed by atoms with Gasteiger partial charge in [0, 0.05) is 6.20 Å². The van der Waals surface area contributed by atoms with E-state index in [-0.39, 0.29) is 0 Å². The van der Waals surface area contributed by atoms with Crippen molar-refractivity contribution in [1.82, 2.24) is 9.99 Å². The molecule has 0 amide bonds. The lowest BCUT2D eigenvalue weighted by atomic mass is 10.2. The van der Waals surface area contributed by atoms with Gasteiger partial charge < -0.3 is 16.5 Å². The molecule has 5 heteroatoms. The van der Waals surface area contributed by atoms with E-state index in [1.165, 1.54) is 5.01 Å². The van der Waals surface area contributed by atoms with Crippen molar-refractivity contribution >= 4 is 11.5 Å². The van der Waals surface area contributed by atoms with Crippen LogP contribution in [0.5, 0.6) is 0 Å². The Kier molecular flexibility index (Phi) is 4.00. The smallest absolute Gasteiger partial charge is 0.124 e. The summed E-state index contributed by atoms with van der Waals surface area (Å²) in [5.41, 5.74) is 13.7. The van der Waals surface area contributed by atoms with Crippen LogP contribution >= 0.6 is 0 Å². The normalized spacial score (nSPS) is 11.3. The Morgan fingerprint density at radius 1 is 1.11 bits per heavy atom. The number of pyridine rings is 1. The average Bonchev–Trinajstić information content (AvgIpc) is 2.39. The summed E-state index contributed by atoms with van der Waals surface area (Å²) in [7, 11) is 0. The fourth-order valence-electron chi connectivity index (χ4n) is 1.70. The molecular weight excluding hydrogens is 238 g/mol. The second-order valence-corrected chi connectivity index (χ2v) is 4.19. The summed E-state index contributed by atoms with van der Waals surface area (Å²) in [6, 6.07) is 15.2. The van der Waals surface area contributed by atoms with Crippen molar-refractivity contribution in [2.75, 3.05) is 5.73 Å². The number of benzene rings is 1. The molecule has 0 saturated heterocycles. The van der Waals surface area contributed by atoms with Crippen LogP contribution in [0.3, 0.4) is 0 Å². The summed E-state index contributed by atoms with van der Waals surface area (Å²) in [4.78, 5) is 4.14. The summed E-state index contributed by atoms with van der Waals surface area (Å²) in [5.74, 6) is 6.33. The van der Waals surface area contributed by atoms with Gasteiger partial charge in [-0.3, -0.25) is 0 Å². The number of nitrogens with two attached hydrogens (primary N) is 3. The molecule has 1 heterocycles. The van der Waals surface area contributed by atoms with Gasteiger partial charge in [0.15, 0.2) is 0 Å². The maximum absolute atomic E-state index is 5.94. The van der Waals surface area contributed by atoms with Crippen LogP contribution in [0.25, 0.3) is 5.70 Å². The fourth-order valence-corrected chi connectivity index (χ4v) is 1.70. The number of nitrogen functional groups attached to an aromatic ring is 1. The molecule has 0 unspecified atom stereocenters. The third-order valence-corrected chi connectivity index (χ3v) is 2.58. The number of nitrogens with zero attached hydrogens (tertiary/aromatic N) is 2. The van der Waals surface area contributed by atoms with Crippen LogP contribution in [-0.4, -0.2) is 9.99 Å². The van der Waals surface area contributed by atoms with E-state index in [9.17, 15) is 0 Å². The number of rotatable bonds is 4. The Bertz CT molecular complexity index is 565. The lowest BCUT2D eigenvalue weighted by molar-refractivity contribution is 0.388. The molecular formula is C14H17N5. The molecule has 19 heavy (non-hydrogen) atoms. The van der Waals surface area contributed by atoms with Gasteiger partial charge in [-0.05, 0) is 17.7 Å². The molecule has 0 fully saturated rings. The number of hydrogen-bond acceptors (Lipinski definition) is 5. The first kappa shape index (κ1) is 12.9. The lowest BCUT2D eigenvalue weighted by Crippen LogP contribution is -2.25. The molecule has 1 aromatic heterocycles. The highest BCUT2D eigenvalue weighted by atomic mass is 15.4. The van der Waals surface area contributed by atoms with E-state index in [2.05, 4.69) is 4.98 Å². The van der Waals surface area contributed by atoms with E-state index in [4.69, 9.17) is 17.3 Å². The zero-order valence-corrected chi connectivity index (χ0v) is 10.5. The Balaban J connectivity index is 2.08. The van der Waals surface area contributed by atoms with Gasteiger partial charge in [-0.1, -0.05) is 36.4 Å². The zero-order chi connectivity index (χ0) is 13.7. The first-order valence-corrected chi connectivity index (χ1v) is 5.90. The zero-order valence-electron chi connectivity index (χ0n) is 10.5. The number of hydrazine groups is 1. The molecule has 6 N–H and O–H groups in total. The molecule has 5 nitrogen and oxygen atoms in total. The van der Waals surface area contributed by atoms with Gasteiger partial charge in [0.25, 0.3) is 0 Å². The van der Waals surface area contributed by atoms with Crippen LogP contribution < -0.4 is 17.3 Å². The van der Waals surface area contributed by atoms with E-state index >= 15 is 0 Å². The predicted molar refractivity (Wildman–Crippen MR) is 77.0 cm³/mol. The topological polar surface area (TPSA) is 94.2 Å². The van der Waals surface area contributed by atoms with Gasteiger partial charge in [-0.2, -0.15) is 0 Å². The monoisotopic (exact) mass is 255 g/mol. The number of anilines is 1. The van der Waals surface area contributed by atoms with Crippen LogP contribution in [0.1, 0.15) is 11.3 Å².